The molecule has 0 bridgehead atoms. The van der Waals surface area contributed by atoms with Crippen molar-refractivity contribution in [2.45, 2.75) is 56.4 Å². The third-order valence-corrected chi connectivity index (χ3v) is 7.38. The number of nitrogens with zero attached hydrogens (tertiary/aromatic N) is 1. The standard InChI is InChI=1S/C19H25F2NO4S/c1-13-3-2-4-16(11-13)26-19(23)14-7-9-22(10-8-14)27(24,25)18-12-15(20)5-6-17(18)21/h5-6,12-14,16H,2-4,7-11H2,1H3. The predicted octanol–water partition coefficient (Wildman–Crippen LogP) is 3.49. The molecule has 1 saturated heterocycles. The van der Waals surface area contributed by atoms with E-state index in [4.69, 9.17) is 4.74 Å². The van der Waals surface area contributed by atoms with Crippen molar-refractivity contribution in [3.8, 4) is 0 Å². The van der Waals surface area contributed by atoms with Crippen molar-refractivity contribution in [3.63, 3.8) is 0 Å². The molecule has 3 rings (SSSR count). The largest absolute Gasteiger partial charge is 0.462 e. The average Bonchev–Trinajstić information content (AvgIpc) is 2.63. The lowest BCUT2D eigenvalue weighted by Gasteiger charge is -2.32. The molecule has 0 N–H and O–H groups in total. The van der Waals surface area contributed by atoms with Crippen molar-refractivity contribution in [1.82, 2.24) is 4.31 Å². The van der Waals surface area contributed by atoms with Gasteiger partial charge in [-0.25, -0.2) is 17.2 Å². The quantitative estimate of drug-likeness (QED) is 0.725. The molecule has 2 fully saturated rings. The van der Waals surface area contributed by atoms with Gasteiger partial charge in [0, 0.05) is 13.1 Å². The van der Waals surface area contributed by atoms with Gasteiger partial charge in [-0.3, -0.25) is 4.79 Å². The predicted molar refractivity (Wildman–Crippen MR) is 95.4 cm³/mol. The number of esters is 1. The van der Waals surface area contributed by atoms with E-state index in [2.05, 4.69) is 6.92 Å². The van der Waals surface area contributed by atoms with Crippen molar-refractivity contribution >= 4 is 16.0 Å². The van der Waals surface area contributed by atoms with E-state index >= 15 is 0 Å². The molecule has 2 unspecified atom stereocenters. The van der Waals surface area contributed by atoms with Crippen LogP contribution in [0.25, 0.3) is 0 Å². The third-order valence-electron chi connectivity index (χ3n) is 5.47. The second kappa shape index (κ2) is 8.22. The Kier molecular flexibility index (Phi) is 6.15. The molecule has 8 heteroatoms. The Labute approximate surface area is 158 Å². The van der Waals surface area contributed by atoms with E-state index in [9.17, 15) is 22.0 Å². The lowest BCUT2D eigenvalue weighted by atomic mass is 9.88. The van der Waals surface area contributed by atoms with Gasteiger partial charge in [-0.05, 0) is 56.2 Å². The van der Waals surface area contributed by atoms with Crippen LogP contribution in [0.5, 0.6) is 0 Å². The summed E-state index contributed by atoms with van der Waals surface area (Å²) in [7, 11) is -4.13. The van der Waals surface area contributed by atoms with E-state index < -0.39 is 26.6 Å². The Morgan fingerprint density at radius 3 is 2.52 bits per heavy atom. The van der Waals surface area contributed by atoms with Gasteiger partial charge in [-0.1, -0.05) is 13.3 Å². The summed E-state index contributed by atoms with van der Waals surface area (Å²) in [5, 5.41) is 0. The van der Waals surface area contributed by atoms with Crippen LogP contribution in [0, 0.1) is 23.5 Å². The van der Waals surface area contributed by atoms with Crippen molar-refractivity contribution in [2.75, 3.05) is 13.1 Å². The van der Waals surface area contributed by atoms with E-state index in [1.165, 1.54) is 0 Å². The Morgan fingerprint density at radius 1 is 1.15 bits per heavy atom. The zero-order chi connectivity index (χ0) is 19.6. The molecule has 1 aliphatic carbocycles. The lowest BCUT2D eigenvalue weighted by molar-refractivity contribution is -0.157. The van der Waals surface area contributed by atoms with Crippen LogP contribution in [0.1, 0.15) is 45.4 Å². The highest BCUT2D eigenvalue weighted by Crippen LogP contribution is 2.29. The molecule has 1 heterocycles. The summed E-state index contributed by atoms with van der Waals surface area (Å²) in [5.74, 6) is -1.88. The van der Waals surface area contributed by atoms with Crippen molar-refractivity contribution in [3.05, 3.63) is 29.8 Å². The van der Waals surface area contributed by atoms with Gasteiger partial charge in [0.1, 0.15) is 22.6 Å². The summed E-state index contributed by atoms with van der Waals surface area (Å²) in [6.45, 7) is 2.31. The molecule has 2 aliphatic rings. The SMILES string of the molecule is CC1CCCC(OC(=O)C2CCN(S(=O)(=O)c3cc(F)ccc3F)CC2)C1. The summed E-state index contributed by atoms with van der Waals surface area (Å²) >= 11 is 0. The average molecular weight is 401 g/mol. The molecule has 5 nitrogen and oxygen atoms in total. The summed E-state index contributed by atoms with van der Waals surface area (Å²) in [5.41, 5.74) is 0. The molecular formula is C19H25F2NO4S. The first-order valence-corrected chi connectivity index (χ1v) is 10.9. The van der Waals surface area contributed by atoms with Crippen LogP contribution in [0.15, 0.2) is 23.1 Å². The zero-order valence-electron chi connectivity index (χ0n) is 15.4. The number of sulfonamides is 1. The summed E-state index contributed by atoms with van der Waals surface area (Å²) in [4.78, 5) is 11.7. The first-order valence-electron chi connectivity index (χ1n) is 9.43. The van der Waals surface area contributed by atoms with Gasteiger partial charge in [0.05, 0.1) is 5.92 Å². The summed E-state index contributed by atoms with van der Waals surface area (Å²) in [6, 6.07) is 2.37. The van der Waals surface area contributed by atoms with Crippen LogP contribution in [-0.2, 0) is 19.6 Å². The Hall–Kier alpha value is -1.54. The van der Waals surface area contributed by atoms with Crippen molar-refractivity contribution in [2.24, 2.45) is 11.8 Å². The fourth-order valence-corrected chi connectivity index (χ4v) is 5.44. The summed E-state index contributed by atoms with van der Waals surface area (Å²) < 4.78 is 59.1. The topological polar surface area (TPSA) is 63.7 Å². The lowest BCUT2D eigenvalue weighted by Crippen LogP contribution is -2.41. The maximum Gasteiger partial charge on any atom is 0.309 e. The fourth-order valence-electron chi connectivity index (χ4n) is 3.89. The highest BCUT2D eigenvalue weighted by molar-refractivity contribution is 7.89. The van der Waals surface area contributed by atoms with E-state index in [0.29, 0.717) is 24.8 Å². The number of benzene rings is 1. The first-order chi connectivity index (χ1) is 12.8. The second-order valence-corrected chi connectivity index (χ2v) is 9.49. The molecule has 0 spiro atoms. The molecule has 27 heavy (non-hydrogen) atoms. The monoisotopic (exact) mass is 401 g/mol. The Morgan fingerprint density at radius 2 is 1.85 bits per heavy atom. The molecule has 0 radical (unpaired) electrons. The Bertz CT molecular complexity index is 791. The van der Waals surface area contributed by atoms with Gasteiger partial charge in [0.15, 0.2) is 0 Å². The van der Waals surface area contributed by atoms with Crippen LogP contribution >= 0.6 is 0 Å². The molecule has 0 amide bonds. The van der Waals surface area contributed by atoms with E-state index in [1.807, 2.05) is 0 Å². The molecular weight excluding hydrogens is 376 g/mol. The van der Waals surface area contributed by atoms with Gasteiger partial charge in [-0.15, -0.1) is 0 Å². The van der Waals surface area contributed by atoms with Crippen LogP contribution < -0.4 is 0 Å². The van der Waals surface area contributed by atoms with Gasteiger partial charge in [-0.2, -0.15) is 4.31 Å². The number of hydrogen-bond acceptors (Lipinski definition) is 4. The minimum Gasteiger partial charge on any atom is -0.462 e. The Balaban J connectivity index is 1.59. The fraction of sp³-hybridized carbons (Fsp3) is 0.632. The summed E-state index contributed by atoms with van der Waals surface area (Å²) in [6.07, 6.45) is 4.54. The second-order valence-electron chi connectivity index (χ2n) is 7.58. The van der Waals surface area contributed by atoms with Crippen molar-refractivity contribution < 1.29 is 26.7 Å². The van der Waals surface area contributed by atoms with Gasteiger partial charge in [0.25, 0.3) is 0 Å². The highest BCUT2D eigenvalue weighted by atomic mass is 32.2. The van der Waals surface area contributed by atoms with E-state index in [1.54, 1.807) is 0 Å². The number of ether oxygens (including phenoxy) is 1. The number of hydrogen-bond donors (Lipinski definition) is 0. The van der Waals surface area contributed by atoms with Gasteiger partial charge in [0.2, 0.25) is 10.0 Å². The van der Waals surface area contributed by atoms with Crippen LogP contribution in [0.2, 0.25) is 0 Å². The maximum atomic E-state index is 13.9. The molecule has 1 aromatic rings. The maximum absolute atomic E-state index is 13.9. The van der Waals surface area contributed by atoms with Crippen molar-refractivity contribution in [1.29, 1.82) is 0 Å². The van der Waals surface area contributed by atoms with Crippen LogP contribution in [0.4, 0.5) is 8.78 Å². The smallest absolute Gasteiger partial charge is 0.309 e. The first kappa shape index (κ1) is 20.2. The normalized spacial score (nSPS) is 25.3. The molecule has 150 valence electrons. The van der Waals surface area contributed by atoms with Crippen LogP contribution in [-0.4, -0.2) is 37.9 Å². The molecule has 0 aromatic heterocycles. The minimum absolute atomic E-state index is 0.0515. The van der Waals surface area contributed by atoms with Gasteiger partial charge >= 0.3 is 5.97 Å². The number of carbonyl (C=O) groups is 1. The molecule has 1 aliphatic heterocycles. The highest BCUT2D eigenvalue weighted by Gasteiger charge is 2.35. The van der Waals surface area contributed by atoms with Crippen LogP contribution in [0.3, 0.4) is 0 Å². The number of halogens is 2. The van der Waals surface area contributed by atoms with Gasteiger partial charge < -0.3 is 4.74 Å². The number of carbonyl (C=O) groups excluding carboxylic acids is 1. The zero-order valence-corrected chi connectivity index (χ0v) is 16.2. The molecule has 2 atom stereocenters. The molecule has 1 aromatic carbocycles. The van der Waals surface area contributed by atoms with E-state index in [-0.39, 0.29) is 31.1 Å². The minimum atomic E-state index is -4.13. The molecule has 1 saturated carbocycles. The number of rotatable bonds is 4. The number of piperidine rings is 1. The van der Waals surface area contributed by atoms with E-state index in [0.717, 1.165) is 42.1 Å². The third kappa shape index (κ3) is 4.66.